The van der Waals surface area contributed by atoms with Crippen LogP contribution in [0.15, 0.2) is 4.52 Å². The summed E-state index contributed by atoms with van der Waals surface area (Å²) in [6.45, 7) is 3.76. The third-order valence-electron chi connectivity index (χ3n) is 3.31. The number of rotatable bonds is 6. The molecule has 0 saturated heterocycles. The summed E-state index contributed by atoms with van der Waals surface area (Å²) in [7, 11) is 1.68. The molecular formula is C12H21N3O2. The molecule has 1 aromatic rings. The quantitative estimate of drug-likeness (QED) is 0.815. The second-order valence-electron chi connectivity index (χ2n) is 4.49. The van der Waals surface area contributed by atoms with E-state index in [0.29, 0.717) is 18.6 Å². The molecule has 0 amide bonds. The maximum absolute atomic E-state index is 5.37. The van der Waals surface area contributed by atoms with Gasteiger partial charge in [-0.25, -0.2) is 0 Å². The summed E-state index contributed by atoms with van der Waals surface area (Å²) in [4.78, 5) is 4.46. The Morgan fingerprint density at radius 1 is 1.47 bits per heavy atom. The lowest BCUT2D eigenvalue weighted by atomic mass is 10.0. The molecule has 2 rings (SSSR count). The molecule has 0 radical (unpaired) electrons. The molecule has 5 heteroatoms. The molecule has 1 fully saturated rings. The van der Waals surface area contributed by atoms with Gasteiger partial charge >= 0.3 is 0 Å². The van der Waals surface area contributed by atoms with Crippen molar-refractivity contribution in [2.24, 2.45) is 0 Å². The summed E-state index contributed by atoms with van der Waals surface area (Å²) in [5.74, 6) is 1.93. The predicted molar refractivity (Wildman–Crippen MR) is 63.9 cm³/mol. The smallest absolute Gasteiger partial charge is 0.231 e. The van der Waals surface area contributed by atoms with Gasteiger partial charge in [-0.3, -0.25) is 0 Å². The number of nitrogens with one attached hydrogen (secondary N) is 1. The summed E-state index contributed by atoms with van der Waals surface area (Å²) in [6, 6.07) is 0.496. The first kappa shape index (κ1) is 12.5. The van der Waals surface area contributed by atoms with Gasteiger partial charge in [0.1, 0.15) is 0 Å². The largest absolute Gasteiger partial charge is 0.384 e. The summed E-state index contributed by atoms with van der Waals surface area (Å²) in [6.07, 6.45) is 4.30. The van der Waals surface area contributed by atoms with Gasteiger partial charge in [0.15, 0.2) is 5.82 Å². The lowest BCUT2D eigenvalue weighted by molar-refractivity contribution is 0.199. The van der Waals surface area contributed by atoms with E-state index < -0.39 is 0 Å². The van der Waals surface area contributed by atoms with Gasteiger partial charge in [-0.1, -0.05) is 18.5 Å². The SMILES string of the molecule is CCNC1CCCC1c1nc(CCOC)no1. The first-order valence-electron chi connectivity index (χ1n) is 6.40. The number of likely N-dealkylation sites (N-methyl/N-ethyl adjacent to an activating group) is 1. The Morgan fingerprint density at radius 2 is 2.35 bits per heavy atom. The average molecular weight is 239 g/mol. The summed E-state index contributed by atoms with van der Waals surface area (Å²) >= 11 is 0. The van der Waals surface area contributed by atoms with Gasteiger partial charge in [0.25, 0.3) is 0 Å². The van der Waals surface area contributed by atoms with E-state index in [1.54, 1.807) is 7.11 Å². The first-order chi connectivity index (χ1) is 8.35. The van der Waals surface area contributed by atoms with Crippen LogP contribution >= 0.6 is 0 Å². The van der Waals surface area contributed by atoms with Crippen molar-refractivity contribution < 1.29 is 9.26 Å². The van der Waals surface area contributed by atoms with Gasteiger partial charge in [-0.15, -0.1) is 0 Å². The topological polar surface area (TPSA) is 60.2 Å². The van der Waals surface area contributed by atoms with E-state index >= 15 is 0 Å². The number of hydrogen-bond donors (Lipinski definition) is 1. The molecule has 2 atom stereocenters. The van der Waals surface area contributed by atoms with E-state index in [9.17, 15) is 0 Å². The fourth-order valence-corrected chi connectivity index (χ4v) is 2.48. The number of nitrogens with zero attached hydrogens (tertiary/aromatic N) is 2. The number of hydrogen-bond acceptors (Lipinski definition) is 5. The van der Waals surface area contributed by atoms with Gasteiger partial charge < -0.3 is 14.6 Å². The van der Waals surface area contributed by atoms with Crippen molar-refractivity contribution in [2.45, 2.75) is 44.6 Å². The Labute approximate surface area is 102 Å². The Morgan fingerprint density at radius 3 is 3.12 bits per heavy atom. The lowest BCUT2D eigenvalue weighted by Crippen LogP contribution is -2.31. The summed E-state index contributed by atoms with van der Waals surface area (Å²) < 4.78 is 10.4. The number of ether oxygens (including phenoxy) is 1. The molecule has 5 nitrogen and oxygen atoms in total. The highest BCUT2D eigenvalue weighted by Crippen LogP contribution is 2.33. The predicted octanol–water partition coefficient (Wildman–Crippen LogP) is 1.50. The zero-order valence-corrected chi connectivity index (χ0v) is 10.6. The maximum Gasteiger partial charge on any atom is 0.231 e. The number of methoxy groups -OCH3 is 1. The molecule has 2 unspecified atom stereocenters. The molecule has 1 aliphatic rings. The van der Waals surface area contributed by atoms with Gasteiger partial charge in [0.2, 0.25) is 5.89 Å². The lowest BCUT2D eigenvalue weighted by Gasteiger charge is -2.16. The zero-order valence-electron chi connectivity index (χ0n) is 10.6. The van der Waals surface area contributed by atoms with Crippen LogP contribution in [0.2, 0.25) is 0 Å². The molecule has 17 heavy (non-hydrogen) atoms. The van der Waals surface area contributed by atoms with Crippen LogP contribution < -0.4 is 5.32 Å². The molecule has 1 saturated carbocycles. The van der Waals surface area contributed by atoms with Crippen molar-refractivity contribution in [2.75, 3.05) is 20.3 Å². The van der Waals surface area contributed by atoms with E-state index in [-0.39, 0.29) is 0 Å². The van der Waals surface area contributed by atoms with Crippen LogP contribution in [0.5, 0.6) is 0 Å². The monoisotopic (exact) mass is 239 g/mol. The molecule has 1 N–H and O–H groups in total. The Balaban J connectivity index is 1.98. The minimum atomic E-state index is 0.388. The van der Waals surface area contributed by atoms with Crippen molar-refractivity contribution in [3.63, 3.8) is 0 Å². The average Bonchev–Trinajstić information content (AvgIpc) is 2.95. The van der Waals surface area contributed by atoms with E-state index in [1.807, 2.05) is 0 Å². The molecule has 0 aromatic carbocycles. The minimum absolute atomic E-state index is 0.388. The molecule has 1 aliphatic carbocycles. The van der Waals surface area contributed by atoms with E-state index in [2.05, 4.69) is 22.4 Å². The van der Waals surface area contributed by atoms with Crippen LogP contribution in [0.25, 0.3) is 0 Å². The van der Waals surface area contributed by atoms with E-state index in [1.165, 1.54) is 12.8 Å². The second-order valence-corrected chi connectivity index (χ2v) is 4.49. The molecule has 0 spiro atoms. The normalized spacial score (nSPS) is 24.4. The third-order valence-corrected chi connectivity index (χ3v) is 3.31. The molecule has 0 bridgehead atoms. The Hall–Kier alpha value is -0.940. The molecule has 1 aromatic heterocycles. The van der Waals surface area contributed by atoms with E-state index in [4.69, 9.17) is 9.26 Å². The molecular weight excluding hydrogens is 218 g/mol. The molecule has 0 aliphatic heterocycles. The fraction of sp³-hybridized carbons (Fsp3) is 0.833. The highest BCUT2D eigenvalue weighted by atomic mass is 16.5. The highest BCUT2D eigenvalue weighted by molar-refractivity contribution is 5.03. The van der Waals surface area contributed by atoms with Gasteiger partial charge in [-0.05, 0) is 19.4 Å². The van der Waals surface area contributed by atoms with Crippen molar-refractivity contribution in [1.29, 1.82) is 0 Å². The van der Waals surface area contributed by atoms with Crippen molar-refractivity contribution in [3.05, 3.63) is 11.7 Å². The van der Waals surface area contributed by atoms with Gasteiger partial charge in [0, 0.05) is 19.6 Å². The van der Waals surface area contributed by atoms with Crippen molar-refractivity contribution in [1.82, 2.24) is 15.5 Å². The fourth-order valence-electron chi connectivity index (χ4n) is 2.48. The zero-order chi connectivity index (χ0) is 12.1. The van der Waals surface area contributed by atoms with Crippen LogP contribution in [0.1, 0.15) is 43.8 Å². The highest BCUT2D eigenvalue weighted by Gasteiger charge is 2.32. The van der Waals surface area contributed by atoms with Crippen LogP contribution in [-0.4, -0.2) is 36.4 Å². The van der Waals surface area contributed by atoms with Gasteiger partial charge in [0.05, 0.1) is 12.5 Å². The van der Waals surface area contributed by atoms with Crippen LogP contribution in [0.4, 0.5) is 0 Å². The summed E-state index contributed by atoms with van der Waals surface area (Å²) in [5, 5.41) is 7.49. The Bertz CT molecular complexity index is 340. The number of aromatic nitrogens is 2. The Kier molecular flexibility index (Phi) is 4.50. The van der Waals surface area contributed by atoms with E-state index in [0.717, 1.165) is 31.1 Å². The second kappa shape index (κ2) is 6.12. The van der Waals surface area contributed by atoms with Crippen LogP contribution in [0.3, 0.4) is 0 Å². The third kappa shape index (κ3) is 3.04. The van der Waals surface area contributed by atoms with Crippen molar-refractivity contribution >= 4 is 0 Å². The van der Waals surface area contributed by atoms with Gasteiger partial charge in [-0.2, -0.15) is 4.98 Å². The summed E-state index contributed by atoms with van der Waals surface area (Å²) in [5.41, 5.74) is 0. The molecule has 1 heterocycles. The standard InChI is InChI=1S/C12H21N3O2/c1-3-13-10-6-4-5-9(10)12-14-11(15-17-12)7-8-16-2/h9-10,13H,3-8H2,1-2H3. The van der Waals surface area contributed by atoms with Crippen LogP contribution in [-0.2, 0) is 11.2 Å². The molecule has 96 valence electrons. The van der Waals surface area contributed by atoms with Crippen LogP contribution in [0, 0.1) is 0 Å². The minimum Gasteiger partial charge on any atom is -0.384 e. The first-order valence-corrected chi connectivity index (χ1v) is 6.40. The van der Waals surface area contributed by atoms with Crippen molar-refractivity contribution in [3.8, 4) is 0 Å². The maximum atomic E-state index is 5.37.